The van der Waals surface area contributed by atoms with Gasteiger partial charge in [0.05, 0.1) is 0 Å². The van der Waals surface area contributed by atoms with Crippen LogP contribution in [0.1, 0.15) is 12.8 Å². The fourth-order valence-corrected chi connectivity index (χ4v) is 1.55. The SMILES string of the molecule is CNCCCN1CCC(N)C1.Cl. The van der Waals surface area contributed by atoms with Crippen LogP contribution >= 0.6 is 12.4 Å². The van der Waals surface area contributed by atoms with E-state index < -0.39 is 0 Å². The molecule has 0 aromatic heterocycles. The second-order valence-corrected chi connectivity index (χ2v) is 3.31. The van der Waals surface area contributed by atoms with Gasteiger partial charge in [-0.15, -0.1) is 12.4 Å². The van der Waals surface area contributed by atoms with Gasteiger partial charge in [-0.25, -0.2) is 0 Å². The summed E-state index contributed by atoms with van der Waals surface area (Å²) in [6.45, 7) is 4.62. The van der Waals surface area contributed by atoms with Gasteiger partial charge in [0, 0.05) is 12.6 Å². The van der Waals surface area contributed by atoms with Gasteiger partial charge >= 0.3 is 0 Å². The van der Waals surface area contributed by atoms with Crippen molar-refractivity contribution in [1.82, 2.24) is 10.2 Å². The van der Waals surface area contributed by atoms with E-state index in [4.69, 9.17) is 5.73 Å². The maximum Gasteiger partial charge on any atom is 0.0180 e. The van der Waals surface area contributed by atoms with Crippen molar-refractivity contribution < 1.29 is 0 Å². The van der Waals surface area contributed by atoms with Gasteiger partial charge in [-0.3, -0.25) is 0 Å². The number of nitrogens with two attached hydrogens (primary N) is 1. The Balaban J connectivity index is 0.00000121. The molecule has 1 atom stereocenters. The first-order chi connectivity index (χ1) is 5.33. The lowest BCUT2D eigenvalue weighted by molar-refractivity contribution is 0.328. The van der Waals surface area contributed by atoms with Crippen LogP contribution in [-0.2, 0) is 0 Å². The van der Waals surface area contributed by atoms with Gasteiger partial charge in [-0.2, -0.15) is 0 Å². The summed E-state index contributed by atoms with van der Waals surface area (Å²) in [5.74, 6) is 0. The summed E-state index contributed by atoms with van der Waals surface area (Å²) < 4.78 is 0. The summed E-state index contributed by atoms with van der Waals surface area (Å²) in [5, 5.41) is 3.14. The normalized spacial score (nSPS) is 24.0. The van der Waals surface area contributed by atoms with Crippen LogP contribution in [0.15, 0.2) is 0 Å². The third-order valence-electron chi connectivity index (χ3n) is 2.21. The highest BCUT2D eigenvalue weighted by atomic mass is 35.5. The molecule has 1 rings (SSSR count). The molecule has 3 nitrogen and oxygen atoms in total. The summed E-state index contributed by atoms with van der Waals surface area (Å²) in [4.78, 5) is 2.45. The van der Waals surface area contributed by atoms with Gasteiger partial charge < -0.3 is 16.0 Å². The molecule has 1 aliphatic heterocycles. The number of rotatable bonds is 4. The van der Waals surface area contributed by atoms with Crippen molar-refractivity contribution >= 4 is 12.4 Å². The third-order valence-corrected chi connectivity index (χ3v) is 2.21. The molecular formula is C8H20ClN3. The van der Waals surface area contributed by atoms with Crippen molar-refractivity contribution in [2.24, 2.45) is 5.73 Å². The van der Waals surface area contributed by atoms with E-state index in [9.17, 15) is 0 Å². The fraction of sp³-hybridized carbons (Fsp3) is 1.00. The predicted molar refractivity (Wildman–Crippen MR) is 54.8 cm³/mol. The first-order valence-corrected chi connectivity index (χ1v) is 4.45. The van der Waals surface area contributed by atoms with Crippen molar-refractivity contribution in [2.45, 2.75) is 18.9 Å². The highest BCUT2D eigenvalue weighted by molar-refractivity contribution is 5.85. The van der Waals surface area contributed by atoms with Crippen LogP contribution in [0.5, 0.6) is 0 Å². The molecule has 74 valence electrons. The highest BCUT2D eigenvalue weighted by Crippen LogP contribution is 2.06. The summed E-state index contributed by atoms with van der Waals surface area (Å²) in [6.07, 6.45) is 2.42. The largest absolute Gasteiger partial charge is 0.326 e. The first-order valence-electron chi connectivity index (χ1n) is 4.45. The molecule has 1 saturated heterocycles. The molecule has 0 bridgehead atoms. The van der Waals surface area contributed by atoms with Crippen molar-refractivity contribution in [3.63, 3.8) is 0 Å². The molecule has 0 aromatic rings. The van der Waals surface area contributed by atoms with E-state index in [1.807, 2.05) is 7.05 Å². The molecule has 1 heterocycles. The van der Waals surface area contributed by atoms with Gasteiger partial charge in [0.25, 0.3) is 0 Å². The number of nitrogens with one attached hydrogen (secondary N) is 1. The van der Waals surface area contributed by atoms with Gasteiger partial charge in [-0.05, 0) is 39.5 Å². The lowest BCUT2D eigenvalue weighted by atomic mass is 10.3. The minimum absolute atomic E-state index is 0. The molecule has 0 spiro atoms. The average Bonchev–Trinajstić information content (AvgIpc) is 2.37. The quantitative estimate of drug-likeness (QED) is 0.621. The summed E-state index contributed by atoms with van der Waals surface area (Å²) in [5.41, 5.74) is 5.77. The maximum atomic E-state index is 5.77. The topological polar surface area (TPSA) is 41.3 Å². The Labute approximate surface area is 81.1 Å². The van der Waals surface area contributed by atoms with Gasteiger partial charge in [0.1, 0.15) is 0 Å². The van der Waals surface area contributed by atoms with Crippen LogP contribution in [0.25, 0.3) is 0 Å². The average molecular weight is 194 g/mol. The molecule has 0 aliphatic carbocycles. The minimum atomic E-state index is 0. The Morgan fingerprint density at radius 3 is 2.83 bits per heavy atom. The summed E-state index contributed by atoms with van der Waals surface area (Å²) in [7, 11) is 2.00. The molecule has 12 heavy (non-hydrogen) atoms. The molecule has 1 fully saturated rings. The third kappa shape index (κ3) is 4.26. The summed E-state index contributed by atoms with van der Waals surface area (Å²) >= 11 is 0. The molecule has 0 amide bonds. The Morgan fingerprint density at radius 2 is 2.33 bits per heavy atom. The molecule has 0 aromatic carbocycles. The number of likely N-dealkylation sites (tertiary alicyclic amines) is 1. The second kappa shape index (κ2) is 6.66. The Morgan fingerprint density at radius 1 is 1.58 bits per heavy atom. The minimum Gasteiger partial charge on any atom is -0.326 e. The molecule has 0 saturated carbocycles. The first kappa shape index (κ1) is 12.2. The van der Waals surface area contributed by atoms with E-state index >= 15 is 0 Å². The number of hydrogen-bond acceptors (Lipinski definition) is 3. The molecule has 4 heteroatoms. The van der Waals surface area contributed by atoms with Gasteiger partial charge in [-0.1, -0.05) is 0 Å². The lowest BCUT2D eigenvalue weighted by Gasteiger charge is -2.14. The molecule has 3 N–H and O–H groups in total. The van der Waals surface area contributed by atoms with Crippen LogP contribution in [-0.4, -0.2) is 44.2 Å². The molecule has 1 aliphatic rings. The Bertz CT molecular complexity index is 110. The van der Waals surface area contributed by atoms with Gasteiger partial charge in [0.2, 0.25) is 0 Å². The predicted octanol–water partition coefficient (Wildman–Crippen LogP) is 0.0507. The van der Waals surface area contributed by atoms with Crippen LogP contribution in [0.2, 0.25) is 0 Å². The van der Waals surface area contributed by atoms with E-state index in [0.717, 1.165) is 13.1 Å². The van der Waals surface area contributed by atoms with Crippen LogP contribution in [0, 0.1) is 0 Å². The van der Waals surface area contributed by atoms with Crippen molar-refractivity contribution in [2.75, 3.05) is 33.2 Å². The zero-order chi connectivity index (χ0) is 8.10. The van der Waals surface area contributed by atoms with Crippen LogP contribution in [0.3, 0.4) is 0 Å². The maximum absolute atomic E-state index is 5.77. The highest BCUT2D eigenvalue weighted by Gasteiger charge is 2.17. The zero-order valence-electron chi connectivity index (χ0n) is 7.75. The molecule has 1 unspecified atom stereocenters. The van der Waals surface area contributed by atoms with Crippen molar-refractivity contribution in [3.8, 4) is 0 Å². The number of nitrogens with zero attached hydrogens (tertiary/aromatic N) is 1. The van der Waals surface area contributed by atoms with E-state index in [1.165, 1.54) is 25.9 Å². The van der Waals surface area contributed by atoms with Crippen molar-refractivity contribution in [3.05, 3.63) is 0 Å². The Hall–Kier alpha value is 0.170. The number of halogens is 1. The Kier molecular flexibility index (Phi) is 6.76. The van der Waals surface area contributed by atoms with Crippen molar-refractivity contribution in [1.29, 1.82) is 0 Å². The van der Waals surface area contributed by atoms with E-state index in [2.05, 4.69) is 10.2 Å². The fourth-order valence-electron chi connectivity index (χ4n) is 1.55. The molecular weight excluding hydrogens is 174 g/mol. The van der Waals surface area contributed by atoms with E-state index in [0.29, 0.717) is 6.04 Å². The van der Waals surface area contributed by atoms with Crippen LogP contribution in [0.4, 0.5) is 0 Å². The van der Waals surface area contributed by atoms with E-state index in [1.54, 1.807) is 0 Å². The van der Waals surface area contributed by atoms with Gasteiger partial charge in [0.15, 0.2) is 0 Å². The number of hydrogen-bond donors (Lipinski definition) is 2. The zero-order valence-corrected chi connectivity index (χ0v) is 8.57. The van der Waals surface area contributed by atoms with E-state index in [-0.39, 0.29) is 12.4 Å². The van der Waals surface area contributed by atoms with Crippen LogP contribution < -0.4 is 11.1 Å². The second-order valence-electron chi connectivity index (χ2n) is 3.31. The standard InChI is InChI=1S/C8H19N3.ClH/c1-10-4-2-5-11-6-3-8(9)7-11;/h8,10H,2-7,9H2,1H3;1H. The summed E-state index contributed by atoms with van der Waals surface area (Å²) in [6, 6.07) is 0.435. The monoisotopic (exact) mass is 193 g/mol. The smallest absolute Gasteiger partial charge is 0.0180 e. The lowest BCUT2D eigenvalue weighted by Crippen LogP contribution is -2.28. The molecule has 0 radical (unpaired) electrons.